The van der Waals surface area contributed by atoms with Gasteiger partial charge in [-0.1, -0.05) is 41.9 Å². The van der Waals surface area contributed by atoms with E-state index >= 15 is 0 Å². The minimum absolute atomic E-state index is 0.0314. The Labute approximate surface area is 163 Å². The molecular formula is C19H21ClN2O4S. The second kappa shape index (κ2) is 8.19. The molecule has 0 bridgehead atoms. The van der Waals surface area contributed by atoms with Crippen LogP contribution < -0.4 is 15.4 Å². The number of sulfone groups is 1. The highest BCUT2D eigenvalue weighted by atomic mass is 35.5. The van der Waals surface area contributed by atoms with E-state index in [1.54, 1.807) is 13.2 Å². The monoisotopic (exact) mass is 408 g/mol. The number of rotatable bonds is 5. The van der Waals surface area contributed by atoms with Crippen LogP contribution in [0.2, 0.25) is 5.02 Å². The summed E-state index contributed by atoms with van der Waals surface area (Å²) in [4.78, 5) is 12.5. The number of halogens is 1. The summed E-state index contributed by atoms with van der Waals surface area (Å²) in [5, 5.41) is 6.18. The maximum absolute atomic E-state index is 12.5. The van der Waals surface area contributed by atoms with Gasteiger partial charge in [0.25, 0.3) is 0 Å². The number of hydrogen-bond acceptors (Lipinski definition) is 4. The fraction of sp³-hybridized carbons (Fsp3) is 0.316. The van der Waals surface area contributed by atoms with E-state index in [0.29, 0.717) is 17.2 Å². The zero-order valence-corrected chi connectivity index (χ0v) is 16.4. The first-order chi connectivity index (χ1) is 12.9. The maximum Gasteiger partial charge on any atom is 0.315 e. The Kier molecular flexibility index (Phi) is 5.92. The lowest BCUT2D eigenvalue weighted by Gasteiger charge is -2.23. The van der Waals surface area contributed by atoms with Gasteiger partial charge in [-0.2, -0.15) is 0 Å². The molecule has 2 unspecified atom stereocenters. The largest absolute Gasteiger partial charge is 0.497 e. The highest BCUT2D eigenvalue weighted by Crippen LogP contribution is 2.30. The SMILES string of the molecule is COc1cccc(C(NC(=O)NC2CCS(=O)(=O)C2)c2ccccc2Cl)c1. The van der Waals surface area contributed by atoms with E-state index in [-0.39, 0.29) is 17.5 Å². The standard InChI is InChI=1S/C19H21ClN2O4S/c1-26-15-6-4-5-13(11-15)18(16-7-2-3-8-17(16)20)22-19(23)21-14-9-10-27(24,25)12-14/h2-8,11,14,18H,9-10,12H2,1H3,(H2,21,22,23). The van der Waals surface area contributed by atoms with Gasteiger partial charge in [-0.3, -0.25) is 0 Å². The number of carbonyl (C=O) groups is 1. The molecule has 2 aromatic rings. The third-order valence-electron chi connectivity index (χ3n) is 4.49. The van der Waals surface area contributed by atoms with Gasteiger partial charge < -0.3 is 15.4 Å². The van der Waals surface area contributed by atoms with E-state index in [2.05, 4.69) is 10.6 Å². The molecule has 144 valence electrons. The first-order valence-electron chi connectivity index (χ1n) is 8.54. The van der Waals surface area contributed by atoms with Gasteiger partial charge in [0.05, 0.1) is 24.7 Å². The molecule has 27 heavy (non-hydrogen) atoms. The van der Waals surface area contributed by atoms with Crippen molar-refractivity contribution in [3.63, 3.8) is 0 Å². The number of nitrogens with one attached hydrogen (secondary N) is 2. The summed E-state index contributed by atoms with van der Waals surface area (Å²) in [6.07, 6.45) is 0.422. The van der Waals surface area contributed by atoms with Crippen LogP contribution in [0.25, 0.3) is 0 Å². The number of carbonyl (C=O) groups excluding carboxylic acids is 1. The highest BCUT2D eigenvalue weighted by Gasteiger charge is 2.29. The summed E-state index contributed by atoms with van der Waals surface area (Å²) in [5.41, 5.74) is 1.54. The van der Waals surface area contributed by atoms with Gasteiger partial charge in [-0.05, 0) is 35.7 Å². The first-order valence-corrected chi connectivity index (χ1v) is 10.7. The van der Waals surface area contributed by atoms with E-state index in [1.807, 2.05) is 42.5 Å². The number of ether oxygens (including phenoxy) is 1. The molecule has 8 heteroatoms. The van der Waals surface area contributed by atoms with E-state index < -0.39 is 21.9 Å². The van der Waals surface area contributed by atoms with Crippen LogP contribution in [0.1, 0.15) is 23.6 Å². The molecular weight excluding hydrogens is 388 g/mol. The van der Waals surface area contributed by atoms with E-state index in [0.717, 1.165) is 11.1 Å². The lowest BCUT2D eigenvalue weighted by atomic mass is 9.98. The molecule has 0 radical (unpaired) electrons. The lowest BCUT2D eigenvalue weighted by molar-refractivity contribution is 0.235. The number of amides is 2. The van der Waals surface area contributed by atoms with Crippen molar-refractivity contribution in [3.05, 3.63) is 64.7 Å². The Morgan fingerprint density at radius 1 is 1.22 bits per heavy atom. The van der Waals surface area contributed by atoms with Gasteiger partial charge >= 0.3 is 6.03 Å². The van der Waals surface area contributed by atoms with E-state index in [4.69, 9.17) is 16.3 Å². The molecule has 2 aromatic carbocycles. The molecule has 1 fully saturated rings. The zero-order valence-electron chi connectivity index (χ0n) is 14.8. The highest BCUT2D eigenvalue weighted by molar-refractivity contribution is 7.91. The van der Waals surface area contributed by atoms with Crippen molar-refractivity contribution in [1.82, 2.24) is 10.6 Å². The number of urea groups is 1. The predicted octanol–water partition coefficient (Wildman–Crippen LogP) is 2.92. The van der Waals surface area contributed by atoms with Gasteiger partial charge in [-0.15, -0.1) is 0 Å². The number of benzene rings is 2. The molecule has 2 atom stereocenters. The second-order valence-corrected chi connectivity index (χ2v) is 9.08. The average Bonchev–Trinajstić information content (AvgIpc) is 2.98. The Balaban J connectivity index is 1.84. The fourth-order valence-corrected chi connectivity index (χ4v) is 5.06. The first kappa shape index (κ1) is 19.5. The fourth-order valence-electron chi connectivity index (χ4n) is 3.14. The van der Waals surface area contributed by atoms with Crippen molar-refractivity contribution in [3.8, 4) is 5.75 Å². The third kappa shape index (κ3) is 4.93. The summed E-state index contributed by atoms with van der Waals surface area (Å²) in [6, 6.07) is 13.3. The number of methoxy groups -OCH3 is 1. The smallest absolute Gasteiger partial charge is 0.315 e. The summed E-state index contributed by atoms with van der Waals surface area (Å²) in [5.74, 6) is 0.728. The van der Waals surface area contributed by atoms with Crippen LogP contribution in [0.3, 0.4) is 0 Å². The molecule has 1 aliphatic heterocycles. The molecule has 0 aromatic heterocycles. The van der Waals surface area contributed by atoms with Crippen LogP contribution in [0.4, 0.5) is 4.79 Å². The maximum atomic E-state index is 12.5. The Bertz CT molecular complexity index is 933. The summed E-state index contributed by atoms with van der Waals surface area (Å²) < 4.78 is 28.5. The van der Waals surface area contributed by atoms with Crippen LogP contribution >= 0.6 is 11.6 Å². The predicted molar refractivity (Wildman–Crippen MR) is 105 cm³/mol. The van der Waals surface area contributed by atoms with Crippen LogP contribution in [-0.4, -0.2) is 39.1 Å². The number of hydrogen-bond donors (Lipinski definition) is 2. The van der Waals surface area contributed by atoms with Crippen molar-refractivity contribution in [1.29, 1.82) is 0 Å². The molecule has 0 aliphatic carbocycles. The van der Waals surface area contributed by atoms with Crippen LogP contribution in [0.15, 0.2) is 48.5 Å². The molecule has 6 nitrogen and oxygen atoms in total. The summed E-state index contributed by atoms with van der Waals surface area (Å²) >= 11 is 6.35. The van der Waals surface area contributed by atoms with Crippen LogP contribution in [0, 0.1) is 0 Å². The van der Waals surface area contributed by atoms with Crippen molar-refractivity contribution in [2.45, 2.75) is 18.5 Å². The Hall–Kier alpha value is -2.25. The summed E-state index contributed by atoms with van der Waals surface area (Å²) in [7, 11) is -1.50. The topological polar surface area (TPSA) is 84.5 Å². The van der Waals surface area contributed by atoms with Crippen LogP contribution in [-0.2, 0) is 9.84 Å². The van der Waals surface area contributed by atoms with Gasteiger partial charge in [0, 0.05) is 11.1 Å². The van der Waals surface area contributed by atoms with Gasteiger partial charge in [-0.25, -0.2) is 13.2 Å². The molecule has 3 rings (SSSR count). The summed E-state index contributed by atoms with van der Waals surface area (Å²) in [6.45, 7) is 0. The van der Waals surface area contributed by atoms with Gasteiger partial charge in [0.15, 0.2) is 9.84 Å². The molecule has 2 amide bonds. The molecule has 1 saturated heterocycles. The minimum Gasteiger partial charge on any atom is -0.497 e. The Morgan fingerprint density at radius 2 is 2.00 bits per heavy atom. The normalized spacial score (nSPS) is 19.3. The average molecular weight is 409 g/mol. The third-order valence-corrected chi connectivity index (χ3v) is 6.60. The molecule has 1 aliphatic rings. The van der Waals surface area contributed by atoms with E-state index in [9.17, 15) is 13.2 Å². The van der Waals surface area contributed by atoms with Gasteiger partial charge in [0.1, 0.15) is 5.75 Å². The minimum atomic E-state index is -3.07. The molecule has 1 heterocycles. The van der Waals surface area contributed by atoms with Crippen molar-refractivity contribution in [2.75, 3.05) is 18.6 Å². The lowest BCUT2D eigenvalue weighted by Crippen LogP contribution is -2.44. The molecule has 0 spiro atoms. The van der Waals surface area contributed by atoms with E-state index in [1.165, 1.54) is 0 Å². The van der Waals surface area contributed by atoms with Crippen molar-refractivity contribution < 1.29 is 17.9 Å². The van der Waals surface area contributed by atoms with Gasteiger partial charge in [0.2, 0.25) is 0 Å². The van der Waals surface area contributed by atoms with Crippen LogP contribution in [0.5, 0.6) is 5.75 Å². The Morgan fingerprint density at radius 3 is 2.67 bits per heavy atom. The second-order valence-electron chi connectivity index (χ2n) is 6.45. The quantitative estimate of drug-likeness (QED) is 0.796. The molecule has 0 saturated carbocycles. The molecule has 2 N–H and O–H groups in total. The zero-order chi connectivity index (χ0) is 19.4. The van der Waals surface area contributed by atoms with Crippen molar-refractivity contribution >= 4 is 27.5 Å². The van der Waals surface area contributed by atoms with Crippen molar-refractivity contribution in [2.24, 2.45) is 0 Å².